The highest BCUT2D eigenvalue weighted by Gasteiger charge is 2.22. The van der Waals surface area contributed by atoms with E-state index in [1.165, 1.54) is 0 Å². The number of aromatic hydroxyl groups is 1. The molecule has 6 heteroatoms. The van der Waals surface area contributed by atoms with Gasteiger partial charge in [-0.3, -0.25) is 9.59 Å². The van der Waals surface area contributed by atoms with E-state index in [0.717, 1.165) is 12.0 Å². The number of phenols is 1. The lowest BCUT2D eigenvalue weighted by molar-refractivity contribution is -0.133. The van der Waals surface area contributed by atoms with Crippen LogP contribution in [0.2, 0.25) is 5.02 Å². The van der Waals surface area contributed by atoms with Gasteiger partial charge in [0.05, 0.1) is 6.42 Å². The zero-order valence-corrected chi connectivity index (χ0v) is 16.6. The standard InChI is InChI=1S/C22H25ClN2O3/c23-19-8-3-1-6-17(19)10-11-21(27)24-12-5-13-25(15-14-24)22(28)16-18-7-2-4-9-20(18)26/h1-4,6-9,26H,5,10-16H2. The van der Waals surface area contributed by atoms with E-state index in [1.54, 1.807) is 23.1 Å². The van der Waals surface area contributed by atoms with Crippen LogP contribution in [0.25, 0.3) is 0 Å². The van der Waals surface area contributed by atoms with E-state index in [4.69, 9.17) is 11.6 Å². The summed E-state index contributed by atoms with van der Waals surface area (Å²) in [5.41, 5.74) is 1.61. The van der Waals surface area contributed by atoms with Crippen LogP contribution in [0, 0.1) is 0 Å². The molecular formula is C22H25ClN2O3. The number of phenolic OH excluding ortho intramolecular Hbond substituents is 1. The molecule has 2 aromatic rings. The first-order valence-corrected chi connectivity index (χ1v) is 9.98. The molecule has 2 aromatic carbocycles. The average Bonchev–Trinajstić information content (AvgIpc) is 2.95. The van der Waals surface area contributed by atoms with Crippen LogP contribution < -0.4 is 0 Å². The van der Waals surface area contributed by atoms with Gasteiger partial charge in [-0.15, -0.1) is 0 Å². The summed E-state index contributed by atoms with van der Waals surface area (Å²) >= 11 is 6.16. The highest BCUT2D eigenvalue weighted by atomic mass is 35.5. The Kier molecular flexibility index (Phi) is 6.93. The van der Waals surface area contributed by atoms with Gasteiger partial charge in [0.2, 0.25) is 11.8 Å². The maximum absolute atomic E-state index is 12.6. The van der Waals surface area contributed by atoms with Gasteiger partial charge in [-0.25, -0.2) is 0 Å². The van der Waals surface area contributed by atoms with Gasteiger partial charge in [-0.1, -0.05) is 48.0 Å². The third-order valence-electron chi connectivity index (χ3n) is 5.10. The molecule has 5 nitrogen and oxygen atoms in total. The van der Waals surface area contributed by atoms with E-state index in [-0.39, 0.29) is 24.0 Å². The van der Waals surface area contributed by atoms with Crippen molar-refractivity contribution in [3.63, 3.8) is 0 Å². The van der Waals surface area contributed by atoms with Gasteiger partial charge in [0, 0.05) is 43.2 Å². The second-order valence-electron chi connectivity index (χ2n) is 7.01. The number of rotatable bonds is 5. The molecule has 0 spiro atoms. The quantitative estimate of drug-likeness (QED) is 0.837. The Hall–Kier alpha value is -2.53. The first kappa shape index (κ1) is 20.2. The Morgan fingerprint density at radius 1 is 0.857 bits per heavy atom. The predicted molar refractivity (Wildman–Crippen MR) is 109 cm³/mol. The normalized spacial score (nSPS) is 14.6. The molecule has 1 heterocycles. The molecule has 2 amide bonds. The second kappa shape index (κ2) is 9.60. The van der Waals surface area contributed by atoms with Crippen LogP contribution in [0.5, 0.6) is 5.75 Å². The molecule has 3 rings (SSSR count). The van der Waals surface area contributed by atoms with Gasteiger partial charge in [0.15, 0.2) is 0 Å². The molecule has 0 aliphatic carbocycles. The predicted octanol–water partition coefficient (Wildman–Crippen LogP) is 3.28. The van der Waals surface area contributed by atoms with Crippen LogP contribution in [-0.2, 0) is 22.4 Å². The fraction of sp³-hybridized carbons (Fsp3) is 0.364. The van der Waals surface area contributed by atoms with Crippen LogP contribution in [0.4, 0.5) is 0 Å². The highest BCUT2D eigenvalue weighted by Crippen LogP contribution is 2.19. The van der Waals surface area contributed by atoms with E-state index in [2.05, 4.69) is 0 Å². The summed E-state index contributed by atoms with van der Waals surface area (Å²) in [5.74, 6) is 0.212. The largest absolute Gasteiger partial charge is 0.508 e. The minimum Gasteiger partial charge on any atom is -0.508 e. The van der Waals surface area contributed by atoms with Crippen LogP contribution in [0.1, 0.15) is 24.0 Å². The number of para-hydroxylation sites is 1. The molecule has 0 aromatic heterocycles. The Morgan fingerprint density at radius 2 is 1.46 bits per heavy atom. The fourth-order valence-electron chi connectivity index (χ4n) is 3.45. The van der Waals surface area contributed by atoms with Crippen molar-refractivity contribution in [2.75, 3.05) is 26.2 Å². The molecule has 0 unspecified atom stereocenters. The molecule has 1 aliphatic rings. The molecule has 0 saturated carbocycles. The summed E-state index contributed by atoms with van der Waals surface area (Å²) in [4.78, 5) is 28.8. The Morgan fingerprint density at radius 3 is 2.14 bits per heavy atom. The van der Waals surface area contributed by atoms with Crippen LogP contribution >= 0.6 is 11.6 Å². The lowest BCUT2D eigenvalue weighted by Gasteiger charge is -2.22. The van der Waals surface area contributed by atoms with E-state index in [9.17, 15) is 14.7 Å². The van der Waals surface area contributed by atoms with Crippen LogP contribution in [0.3, 0.4) is 0 Å². The first-order valence-electron chi connectivity index (χ1n) is 9.60. The number of carbonyl (C=O) groups is 2. The number of aryl methyl sites for hydroxylation is 1. The molecule has 1 aliphatic heterocycles. The minimum atomic E-state index is -0.0214. The third-order valence-corrected chi connectivity index (χ3v) is 5.47. The molecule has 1 N–H and O–H groups in total. The first-order chi connectivity index (χ1) is 13.5. The number of nitrogens with zero attached hydrogens (tertiary/aromatic N) is 2. The lowest BCUT2D eigenvalue weighted by atomic mass is 10.1. The van der Waals surface area contributed by atoms with Gasteiger partial charge in [0.1, 0.15) is 5.75 Å². The van der Waals surface area contributed by atoms with Crippen molar-refractivity contribution in [1.82, 2.24) is 9.80 Å². The number of hydrogen-bond donors (Lipinski definition) is 1. The summed E-state index contributed by atoms with van der Waals surface area (Å²) in [7, 11) is 0. The number of carbonyl (C=O) groups excluding carboxylic acids is 2. The molecule has 0 atom stereocenters. The van der Waals surface area contributed by atoms with E-state index < -0.39 is 0 Å². The lowest BCUT2D eigenvalue weighted by Crippen LogP contribution is -2.38. The van der Waals surface area contributed by atoms with Crippen LogP contribution in [0.15, 0.2) is 48.5 Å². The number of amides is 2. The molecular weight excluding hydrogens is 376 g/mol. The summed E-state index contributed by atoms with van der Waals surface area (Å²) < 4.78 is 0. The summed E-state index contributed by atoms with van der Waals surface area (Å²) in [6.07, 6.45) is 1.96. The Balaban J connectivity index is 1.51. The average molecular weight is 401 g/mol. The van der Waals surface area contributed by atoms with E-state index >= 15 is 0 Å². The second-order valence-corrected chi connectivity index (χ2v) is 7.42. The van der Waals surface area contributed by atoms with Crippen LogP contribution in [-0.4, -0.2) is 52.9 Å². The maximum atomic E-state index is 12.6. The Labute approximate surface area is 170 Å². The molecule has 148 valence electrons. The summed E-state index contributed by atoms with van der Waals surface area (Å²) in [5, 5.41) is 10.6. The summed E-state index contributed by atoms with van der Waals surface area (Å²) in [6, 6.07) is 14.5. The van der Waals surface area contributed by atoms with Gasteiger partial charge in [-0.05, 0) is 30.5 Å². The third kappa shape index (κ3) is 5.26. The van der Waals surface area contributed by atoms with Crippen molar-refractivity contribution in [1.29, 1.82) is 0 Å². The zero-order chi connectivity index (χ0) is 19.9. The topological polar surface area (TPSA) is 60.9 Å². The fourth-order valence-corrected chi connectivity index (χ4v) is 3.68. The van der Waals surface area contributed by atoms with Gasteiger partial charge >= 0.3 is 0 Å². The molecule has 28 heavy (non-hydrogen) atoms. The van der Waals surface area contributed by atoms with Crippen molar-refractivity contribution < 1.29 is 14.7 Å². The molecule has 0 radical (unpaired) electrons. The molecule has 1 fully saturated rings. The van der Waals surface area contributed by atoms with E-state index in [0.29, 0.717) is 49.6 Å². The molecule has 0 bridgehead atoms. The zero-order valence-electron chi connectivity index (χ0n) is 15.8. The van der Waals surface area contributed by atoms with Crippen molar-refractivity contribution in [3.8, 4) is 5.75 Å². The number of halogens is 1. The highest BCUT2D eigenvalue weighted by molar-refractivity contribution is 6.31. The maximum Gasteiger partial charge on any atom is 0.227 e. The van der Waals surface area contributed by atoms with E-state index in [1.807, 2.05) is 35.2 Å². The Bertz CT molecular complexity index is 840. The van der Waals surface area contributed by atoms with Gasteiger partial charge in [-0.2, -0.15) is 0 Å². The van der Waals surface area contributed by atoms with Gasteiger partial charge < -0.3 is 14.9 Å². The van der Waals surface area contributed by atoms with Gasteiger partial charge in [0.25, 0.3) is 0 Å². The van der Waals surface area contributed by atoms with Crippen molar-refractivity contribution in [2.45, 2.75) is 25.7 Å². The minimum absolute atomic E-state index is 0.0214. The number of benzene rings is 2. The van der Waals surface area contributed by atoms with Crippen molar-refractivity contribution in [3.05, 3.63) is 64.7 Å². The summed E-state index contributed by atoms with van der Waals surface area (Å²) in [6.45, 7) is 2.33. The van der Waals surface area contributed by atoms with Crippen molar-refractivity contribution >= 4 is 23.4 Å². The smallest absolute Gasteiger partial charge is 0.227 e. The monoisotopic (exact) mass is 400 g/mol. The van der Waals surface area contributed by atoms with Crippen molar-refractivity contribution in [2.24, 2.45) is 0 Å². The SMILES string of the molecule is O=C(CCc1ccccc1Cl)N1CCCN(C(=O)Cc2ccccc2O)CC1. The number of hydrogen-bond acceptors (Lipinski definition) is 3. The molecule has 1 saturated heterocycles.